The maximum Gasteiger partial charge on any atom is 0.105 e. The molecule has 0 bridgehead atoms. The van der Waals surface area contributed by atoms with Gasteiger partial charge in [0.05, 0.1) is 6.54 Å². The summed E-state index contributed by atoms with van der Waals surface area (Å²) < 4.78 is 24.5. The van der Waals surface area contributed by atoms with Crippen LogP contribution in [0, 0.1) is 0 Å². The lowest BCUT2D eigenvalue weighted by Crippen LogP contribution is -2.20. The first-order chi connectivity index (χ1) is 7.25. The van der Waals surface area contributed by atoms with Gasteiger partial charge in [0.15, 0.2) is 0 Å². The minimum atomic E-state index is -0.882. The van der Waals surface area contributed by atoms with Crippen molar-refractivity contribution in [1.29, 1.82) is 0 Å². The largest absolute Gasteiger partial charge is 0.372 e. The van der Waals surface area contributed by atoms with Gasteiger partial charge in [-0.3, -0.25) is 4.99 Å². The first-order valence-electron chi connectivity index (χ1n) is 4.73. The maximum atomic E-state index is 12.2. The molecule has 2 rings (SSSR count). The second-order valence-corrected chi connectivity index (χ2v) is 3.33. The molecule has 88 valence electrons. The summed E-state index contributed by atoms with van der Waals surface area (Å²) in [6.07, 6.45) is 0.585. The molecule has 1 heterocycles. The summed E-state index contributed by atoms with van der Waals surface area (Å²) in [7, 11) is 0. The van der Waals surface area contributed by atoms with Crippen molar-refractivity contribution >= 4 is 23.9 Å². The van der Waals surface area contributed by atoms with Crippen LogP contribution in [0.4, 0.5) is 14.6 Å². The third-order valence-corrected chi connectivity index (χ3v) is 2.22. The SMILES string of the molecule is Cl.FN(F)c1cccc(CC2=NCCN2)c1. The Bertz CT molecular complexity index is 382. The summed E-state index contributed by atoms with van der Waals surface area (Å²) in [4.78, 5) is 4.21. The monoisotopic (exact) mass is 247 g/mol. The van der Waals surface area contributed by atoms with Crippen LogP contribution in [0.2, 0.25) is 0 Å². The van der Waals surface area contributed by atoms with Gasteiger partial charge >= 0.3 is 0 Å². The highest BCUT2D eigenvalue weighted by atomic mass is 35.5. The van der Waals surface area contributed by atoms with Gasteiger partial charge in [0, 0.05) is 13.0 Å². The molecule has 0 saturated carbocycles. The normalized spacial score (nSPS) is 13.8. The lowest BCUT2D eigenvalue weighted by molar-refractivity contribution is 0.235. The minimum absolute atomic E-state index is 0. The fourth-order valence-electron chi connectivity index (χ4n) is 1.53. The van der Waals surface area contributed by atoms with Crippen LogP contribution in [0.25, 0.3) is 0 Å². The summed E-state index contributed by atoms with van der Waals surface area (Å²) in [5, 5.41) is 2.22. The van der Waals surface area contributed by atoms with Crippen LogP contribution in [-0.4, -0.2) is 18.9 Å². The molecular formula is C10H12ClF2N3. The Hall–Kier alpha value is -1.36. The predicted molar refractivity (Wildman–Crippen MR) is 62.4 cm³/mol. The van der Waals surface area contributed by atoms with E-state index in [1.54, 1.807) is 6.07 Å². The highest BCUT2D eigenvalue weighted by Crippen LogP contribution is 2.17. The van der Waals surface area contributed by atoms with Crippen molar-refractivity contribution in [1.82, 2.24) is 5.32 Å². The molecule has 1 aromatic carbocycles. The molecule has 1 aliphatic rings. The van der Waals surface area contributed by atoms with Crippen molar-refractivity contribution in [3.8, 4) is 0 Å². The molecule has 1 aliphatic heterocycles. The molecule has 1 aromatic rings. The van der Waals surface area contributed by atoms with Crippen molar-refractivity contribution < 1.29 is 8.96 Å². The molecule has 0 amide bonds. The number of rotatable bonds is 3. The third-order valence-electron chi connectivity index (χ3n) is 2.22. The van der Waals surface area contributed by atoms with Gasteiger partial charge in [0.25, 0.3) is 0 Å². The smallest absolute Gasteiger partial charge is 0.105 e. The third kappa shape index (κ3) is 3.06. The van der Waals surface area contributed by atoms with Crippen LogP contribution in [-0.2, 0) is 6.42 Å². The number of aliphatic imine (C=N–C) groups is 1. The van der Waals surface area contributed by atoms with Crippen LogP contribution < -0.4 is 10.7 Å². The van der Waals surface area contributed by atoms with Gasteiger partial charge in [-0.2, -0.15) is 0 Å². The zero-order valence-electron chi connectivity index (χ0n) is 8.49. The predicted octanol–water partition coefficient (Wildman–Crippen LogP) is 2.23. The lowest BCUT2D eigenvalue weighted by Gasteiger charge is -2.06. The molecule has 0 aliphatic carbocycles. The summed E-state index contributed by atoms with van der Waals surface area (Å²) in [6.45, 7) is 1.61. The quantitative estimate of drug-likeness (QED) is 0.830. The Kier molecular flexibility index (Phi) is 4.49. The Morgan fingerprint density at radius 1 is 1.38 bits per heavy atom. The number of nitrogens with zero attached hydrogens (tertiary/aromatic N) is 2. The highest BCUT2D eigenvalue weighted by molar-refractivity contribution is 5.86. The van der Waals surface area contributed by atoms with Crippen molar-refractivity contribution in [3.63, 3.8) is 0 Å². The minimum Gasteiger partial charge on any atom is -0.372 e. The van der Waals surface area contributed by atoms with Gasteiger partial charge in [-0.05, 0) is 23.0 Å². The van der Waals surface area contributed by atoms with E-state index in [0.717, 1.165) is 24.5 Å². The highest BCUT2D eigenvalue weighted by Gasteiger charge is 2.08. The van der Waals surface area contributed by atoms with Gasteiger partial charge in [0.1, 0.15) is 11.5 Å². The standard InChI is InChI=1S/C10H11F2N3.ClH/c11-15(12)9-3-1-2-8(6-9)7-10-13-4-5-14-10;/h1-3,6H,4-5,7H2,(H,13,14);1H. The first-order valence-corrected chi connectivity index (χ1v) is 4.73. The number of hydrogen-bond donors (Lipinski definition) is 1. The molecular weight excluding hydrogens is 236 g/mol. The summed E-state index contributed by atoms with van der Waals surface area (Å²) in [5.74, 6) is 0.872. The van der Waals surface area contributed by atoms with Crippen LogP contribution >= 0.6 is 12.4 Å². The molecule has 1 N–H and O–H groups in total. The van der Waals surface area contributed by atoms with E-state index in [9.17, 15) is 8.96 Å². The van der Waals surface area contributed by atoms with E-state index in [-0.39, 0.29) is 18.1 Å². The van der Waals surface area contributed by atoms with E-state index in [2.05, 4.69) is 10.3 Å². The molecule has 3 nitrogen and oxygen atoms in total. The van der Waals surface area contributed by atoms with Gasteiger partial charge in [-0.25, -0.2) is 0 Å². The molecule has 6 heteroatoms. The molecule has 0 saturated heterocycles. The molecule has 0 unspecified atom stereocenters. The Labute approximate surface area is 98.4 Å². The van der Waals surface area contributed by atoms with Crippen LogP contribution in [0.1, 0.15) is 5.56 Å². The van der Waals surface area contributed by atoms with Gasteiger partial charge in [-0.1, -0.05) is 21.1 Å². The van der Waals surface area contributed by atoms with Crippen LogP contribution in [0.5, 0.6) is 0 Å². The number of benzene rings is 1. The van der Waals surface area contributed by atoms with Crippen LogP contribution in [0.15, 0.2) is 29.3 Å². The van der Waals surface area contributed by atoms with E-state index < -0.39 is 5.34 Å². The first kappa shape index (κ1) is 12.7. The average molecular weight is 248 g/mol. The van der Waals surface area contributed by atoms with Gasteiger partial charge in [-0.15, -0.1) is 12.4 Å². The fraction of sp³-hybridized carbons (Fsp3) is 0.300. The summed E-state index contributed by atoms with van der Waals surface area (Å²) in [6, 6.07) is 6.26. The molecule has 0 spiro atoms. The van der Waals surface area contributed by atoms with Crippen molar-refractivity contribution in [2.45, 2.75) is 6.42 Å². The zero-order chi connectivity index (χ0) is 10.7. The van der Waals surface area contributed by atoms with Crippen molar-refractivity contribution in [3.05, 3.63) is 29.8 Å². The molecule has 16 heavy (non-hydrogen) atoms. The second kappa shape index (κ2) is 5.65. The Morgan fingerprint density at radius 2 is 2.19 bits per heavy atom. The number of halogens is 3. The molecule has 0 radical (unpaired) electrons. The van der Waals surface area contributed by atoms with Crippen molar-refractivity contribution in [2.75, 3.05) is 18.4 Å². The van der Waals surface area contributed by atoms with Gasteiger partial charge < -0.3 is 5.32 Å². The molecule has 0 atom stereocenters. The number of amidine groups is 1. The number of nitrogens with one attached hydrogen (secondary N) is 1. The summed E-state index contributed by atoms with van der Waals surface area (Å²) in [5.41, 5.74) is 0.743. The zero-order valence-corrected chi connectivity index (χ0v) is 9.31. The summed E-state index contributed by atoms with van der Waals surface area (Å²) >= 11 is 0. The van der Waals surface area contributed by atoms with E-state index in [0.29, 0.717) is 6.42 Å². The van der Waals surface area contributed by atoms with E-state index in [4.69, 9.17) is 0 Å². The Balaban J connectivity index is 0.00000128. The lowest BCUT2D eigenvalue weighted by atomic mass is 10.1. The molecule has 0 fully saturated rings. The van der Waals surface area contributed by atoms with Crippen LogP contribution in [0.3, 0.4) is 0 Å². The second-order valence-electron chi connectivity index (χ2n) is 3.33. The Morgan fingerprint density at radius 3 is 2.81 bits per heavy atom. The average Bonchev–Trinajstić information content (AvgIpc) is 2.71. The maximum absolute atomic E-state index is 12.2. The van der Waals surface area contributed by atoms with E-state index in [1.165, 1.54) is 12.1 Å². The van der Waals surface area contributed by atoms with Crippen molar-refractivity contribution in [2.24, 2.45) is 4.99 Å². The van der Waals surface area contributed by atoms with Gasteiger partial charge in [0.2, 0.25) is 0 Å². The fourth-order valence-corrected chi connectivity index (χ4v) is 1.53. The molecule has 0 aromatic heterocycles. The number of anilines is 1. The topological polar surface area (TPSA) is 27.6 Å². The van der Waals surface area contributed by atoms with E-state index >= 15 is 0 Å². The van der Waals surface area contributed by atoms with E-state index in [1.807, 2.05) is 6.07 Å². The number of hydrogen-bond acceptors (Lipinski definition) is 3.